The van der Waals surface area contributed by atoms with Crippen molar-refractivity contribution in [2.24, 2.45) is 0 Å². The van der Waals surface area contributed by atoms with E-state index in [1.54, 1.807) is 0 Å². The fraction of sp³-hybridized carbons (Fsp3) is 0.222. The summed E-state index contributed by atoms with van der Waals surface area (Å²) in [5.41, 5.74) is 4.89. The molecule has 0 radical (unpaired) electrons. The van der Waals surface area contributed by atoms with E-state index in [1.807, 2.05) is 0 Å². The Morgan fingerprint density at radius 2 is 1.00 bits per heavy atom. The molecular weight excluding hydrogens is 244 g/mol. The molecule has 0 atom stereocenters. The summed E-state index contributed by atoms with van der Waals surface area (Å²) < 4.78 is 0. The van der Waals surface area contributed by atoms with E-state index in [1.165, 1.54) is 11.1 Å². The summed E-state index contributed by atoms with van der Waals surface area (Å²) in [5.74, 6) is 0. The van der Waals surface area contributed by atoms with Crippen molar-refractivity contribution in [1.82, 2.24) is 0 Å². The van der Waals surface area contributed by atoms with Crippen LogP contribution >= 0.6 is 0 Å². The summed E-state index contributed by atoms with van der Waals surface area (Å²) in [6.07, 6.45) is 4.28. The number of anilines is 2. The van der Waals surface area contributed by atoms with Gasteiger partial charge in [-0.3, -0.25) is 0 Å². The molecule has 2 nitrogen and oxygen atoms in total. The maximum Gasteiger partial charge on any atom is 0.0342 e. The zero-order valence-corrected chi connectivity index (χ0v) is 12.2. The van der Waals surface area contributed by atoms with Crippen LogP contribution in [0.15, 0.2) is 60.7 Å². The first kappa shape index (κ1) is 14.2. The minimum absolute atomic E-state index is 0.846. The Labute approximate surface area is 121 Å². The first-order chi connectivity index (χ1) is 9.74. The maximum absolute atomic E-state index is 3.36. The normalized spacial score (nSPS) is 10.7. The molecule has 0 unspecified atom stereocenters. The molecule has 0 aliphatic rings. The predicted molar refractivity (Wildman–Crippen MR) is 88.5 cm³/mol. The van der Waals surface area contributed by atoms with Gasteiger partial charge in [-0.05, 0) is 38.1 Å². The van der Waals surface area contributed by atoms with Gasteiger partial charge >= 0.3 is 0 Å². The summed E-state index contributed by atoms with van der Waals surface area (Å²) >= 11 is 0. The van der Waals surface area contributed by atoms with Crippen molar-refractivity contribution in [2.45, 2.75) is 13.8 Å². The monoisotopic (exact) mass is 266 g/mol. The van der Waals surface area contributed by atoms with Crippen molar-refractivity contribution < 1.29 is 0 Å². The van der Waals surface area contributed by atoms with Gasteiger partial charge in [0.15, 0.2) is 0 Å². The highest BCUT2D eigenvalue weighted by atomic mass is 14.9. The molecule has 2 aromatic carbocycles. The summed E-state index contributed by atoms with van der Waals surface area (Å²) in [7, 11) is 0. The van der Waals surface area contributed by atoms with E-state index in [0.717, 1.165) is 24.5 Å². The van der Waals surface area contributed by atoms with Gasteiger partial charge in [-0.1, -0.05) is 47.5 Å². The molecule has 0 saturated carbocycles. The predicted octanol–water partition coefficient (Wildman–Crippen LogP) is 4.38. The van der Waals surface area contributed by atoms with Crippen LogP contribution in [0.25, 0.3) is 0 Å². The molecule has 0 amide bonds. The highest BCUT2D eigenvalue weighted by Gasteiger charge is 1.89. The topological polar surface area (TPSA) is 24.1 Å². The number of nitrogens with one attached hydrogen (secondary N) is 2. The molecule has 0 aromatic heterocycles. The van der Waals surface area contributed by atoms with Crippen molar-refractivity contribution in [3.05, 3.63) is 71.8 Å². The highest BCUT2D eigenvalue weighted by Crippen LogP contribution is 2.09. The molecule has 2 heteroatoms. The summed E-state index contributed by atoms with van der Waals surface area (Å²) in [4.78, 5) is 0. The van der Waals surface area contributed by atoms with Crippen LogP contribution in [-0.4, -0.2) is 13.1 Å². The minimum atomic E-state index is 0.846. The average molecular weight is 266 g/mol. The van der Waals surface area contributed by atoms with Gasteiger partial charge in [-0.2, -0.15) is 0 Å². The number of hydrogen-bond donors (Lipinski definition) is 2. The van der Waals surface area contributed by atoms with E-state index in [9.17, 15) is 0 Å². The smallest absolute Gasteiger partial charge is 0.0342 e. The molecule has 0 bridgehead atoms. The quantitative estimate of drug-likeness (QED) is 0.758. The van der Waals surface area contributed by atoms with Crippen molar-refractivity contribution >= 4 is 11.4 Å². The lowest BCUT2D eigenvalue weighted by Crippen LogP contribution is -2.01. The van der Waals surface area contributed by atoms with Crippen LogP contribution in [0.2, 0.25) is 0 Å². The molecule has 104 valence electrons. The van der Waals surface area contributed by atoms with Crippen LogP contribution in [-0.2, 0) is 0 Å². The molecule has 0 aliphatic carbocycles. The van der Waals surface area contributed by atoms with Crippen molar-refractivity contribution in [3.63, 3.8) is 0 Å². The molecule has 0 fully saturated rings. The Balaban J connectivity index is 1.67. The van der Waals surface area contributed by atoms with Crippen LogP contribution in [0.1, 0.15) is 11.1 Å². The van der Waals surface area contributed by atoms with Gasteiger partial charge in [-0.25, -0.2) is 0 Å². The van der Waals surface area contributed by atoms with Gasteiger partial charge in [0.05, 0.1) is 0 Å². The van der Waals surface area contributed by atoms with Gasteiger partial charge in [0.2, 0.25) is 0 Å². The van der Waals surface area contributed by atoms with E-state index in [2.05, 4.69) is 85.2 Å². The van der Waals surface area contributed by atoms with Crippen molar-refractivity contribution in [3.8, 4) is 0 Å². The third-order valence-corrected chi connectivity index (χ3v) is 3.12. The first-order valence-electron chi connectivity index (χ1n) is 7.00. The van der Waals surface area contributed by atoms with Gasteiger partial charge in [0.25, 0.3) is 0 Å². The second-order valence-corrected chi connectivity index (χ2v) is 4.97. The van der Waals surface area contributed by atoms with Crippen molar-refractivity contribution in [1.29, 1.82) is 0 Å². The Morgan fingerprint density at radius 3 is 1.35 bits per heavy atom. The Bertz CT molecular complexity index is 487. The van der Waals surface area contributed by atoms with Gasteiger partial charge < -0.3 is 10.6 Å². The van der Waals surface area contributed by atoms with E-state index in [-0.39, 0.29) is 0 Å². The second kappa shape index (κ2) is 7.39. The van der Waals surface area contributed by atoms with Crippen LogP contribution < -0.4 is 10.6 Å². The molecule has 2 rings (SSSR count). The van der Waals surface area contributed by atoms with Crippen LogP contribution in [0.5, 0.6) is 0 Å². The summed E-state index contributed by atoms with van der Waals surface area (Å²) in [6.45, 7) is 5.89. The maximum atomic E-state index is 3.36. The Kier molecular flexibility index (Phi) is 5.24. The lowest BCUT2D eigenvalue weighted by Gasteiger charge is -2.04. The molecular formula is C18H22N2. The summed E-state index contributed by atoms with van der Waals surface area (Å²) in [5, 5.41) is 6.73. The lowest BCUT2D eigenvalue weighted by atomic mass is 10.2. The lowest BCUT2D eigenvalue weighted by molar-refractivity contribution is 1.27. The van der Waals surface area contributed by atoms with E-state index in [4.69, 9.17) is 0 Å². The van der Waals surface area contributed by atoms with Crippen LogP contribution in [0, 0.1) is 13.8 Å². The molecule has 0 saturated heterocycles. The second-order valence-electron chi connectivity index (χ2n) is 4.97. The number of aryl methyl sites for hydroxylation is 2. The fourth-order valence-electron chi connectivity index (χ4n) is 1.86. The Morgan fingerprint density at radius 1 is 0.650 bits per heavy atom. The third-order valence-electron chi connectivity index (χ3n) is 3.12. The fourth-order valence-corrected chi connectivity index (χ4v) is 1.86. The van der Waals surface area contributed by atoms with E-state index < -0.39 is 0 Å². The standard InChI is InChI=1S/C18H22N2/c1-15-5-9-17(10-6-15)19-13-3-4-14-20-18-11-7-16(2)8-12-18/h3-12,19-20H,13-14H2,1-2H3/b4-3+. The van der Waals surface area contributed by atoms with Gasteiger partial charge in [-0.15, -0.1) is 0 Å². The molecule has 2 N–H and O–H groups in total. The largest absolute Gasteiger partial charge is 0.382 e. The first-order valence-corrected chi connectivity index (χ1v) is 7.00. The van der Waals surface area contributed by atoms with E-state index in [0.29, 0.717) is 0 Å². The van der Waals surface area contributed by atoms with Crippen LogP contribution in [0.4, 0.5) is 11.4 Å². The zero-order chi connectivity index (χ0) is 14.2. The Hall–Kier alpha value is -2.22. The van der Waals surface area contributed by atoms with E-state index >= 15 is 0 Å². The zero-order valence-electron chi connectivity index (χ0n) is 12.2. The minimum Gasteiger partial charge on any atom is -0.382 e. The molecule has 0 heterocycles. The van der Waals surface area contributed by atoms with Gasteiger partial charge in [0.1, 0.15) is 0 Å². The van der Waals surface area contributed by atoms with Crippen LogP contribution in [0.3, 0.4) is 0 Å². The average Bonchev–Trinajstić information content (AvgIpc) is 2.46. The van der Waals surface area contributed by atoms with Gasteiger partial charge in [0, 0.05) is 24.5 Å². The molecule has 2 aromatic rings. The molecule has 20 heavy (non-hydrogen) atoms. The van der Waals surface area contributed by atoms with Crippen molar-refractivity contribution in [2.75, 3.05) is 23.7 Å². The third kappa shape index (κ3) is 4.81. The SMILES string of the molecule is Cc1ccc(NC/C=C/CNc2ccc(C)cc2)cc1. The molecule has 0 spiro atoms. The summed E-state index contributed by atoms with van der Waals surface area (Å²) in [6, 6.07) is 16.9. The number of hydrogen-bond acceptors (Lipinski definition) is 2. The highest BCUT2D eigenvalue weighted by molar-refractivity contribution is 5.46. The molecule has 0 aliphatic heterocycles. The number of benzene rings is 2. The number of rotatable bonds is 6.